The lowest BCUT2D eigenvalue weighted by Crippen LogP contribution is -2.42. The van der Waals surface area contributed by atoms with Crippen LogP contribution in [0.1, 0.15) is 39.1 Å². The van der Waals surface area contributed by atoms with Crippen molar-refractivity contribution in [3.63, 3.8) is 0 Å². The molecular weight excluding hydrogens is 388 g/mol. The largest absolute Gasteiger partial charge is 0.369 e. The van der Waals surface area contributed by atoms with E-state index in [1.165, 1.54) is 24.3 Å². The maximum Gasteiger partial charge on any atom is 0.269 e. The highest BCUT2D eigenvalue weighted by Crippen LogP contribution is 2.25. The van der Waals surface area contributed by atoms with Crippen molar-refractivity contribution in [1.82, 2.24) is 4.90 Å². The van der Waals surface area contributed by atoms with Gasteiger partial charge in [-0.15, -0.1) is 0 Å². The van der Waals surface area contributed by atoms with E-state index in [2.05, 4.69) is 5.32 Å². The molecule has 1 saturated heterocycles. The molecule has 9 nitrogen and oxygen atoms in total. The Kier molecular flexibility index (Phi) is 6.10. The molecule has 3 amide bonds. The highest BCUT2D eigenvalue weighted by Gasteiger charge is 2.28. The second kappa shape index (κ2) is 8.73. The Hall–Kier alpha value is -3.75. The lowest BCUT2D eigenvalue weighted by Gasteiger charge is -2.31. The first-order chi connectivity index (χ1) is 14.3. The van der Waals surface area contributed by atoms with Crippen LogP contribution >= 0.6 is 0 Å². The summed E-state index contributed by atoms with van der Waals surface area (Å²) in [6.07, 6.45) is 1.02. The Morgan fingerprint density at radius 2 is 1.73 bits per heavy atom. The van der Waals surface area contributed by atoms with Crippen LogP contribution in [0.5, 0.6) is 0 Å². The molecule has 1 aliphatic rings. The first-order valence-corrected chi connectivity index (χ1v) is 9.52. The summed E-state index contributed by atoms with van der Waals surface area (Å²) in [5.74, 6) is -1.28. The van der Waals surface area contributed by atoms with Crippen molar-refractivity contribution in [3.8, 4) is 0 Å². The highest BCUT2D eigenvalue weighted by molar-refractivity contribution is 6.09. The topological polar surface area (TPSA) is 136 Å². The van der Waals surface area contributed by atoms with Gasteiger partial charge in [0.25, 0.3) is 17.5 Å². The van der Waals surface area contributed by atoms with Gasteiger partial charge in [-0.25, -0.2) is 0 Å². The summed E-state index contributed by atoms with van der Waals surface area (Å²) in [6, 6.07) is 10.4. The maximum atomic E-state index is 13.1. The normalized spacial score (nSPS) is 14.2. The molecule has 9 heteroatoms. The third-order valence-corrected chi connectivity index (χ3v) is 5.26. The van der Waals surface area contributed by atoms with Crippen LogP contribution in [0.15, 0.2) is 42.5 Å². The molecule has 0 atom stereocenters. The van der Waals surface area contributed by atoms with Crippen molar-refractivity contribution >= 4 is 29.1 Å². The zero-order chi connectivity index (χ0) is 21.8. The van der Waals surface area contributed by atoms with E-state index in [0.29, 0.717) is 42.7 Å². The Bertz CT molecular complexity index is 995. The van der Waals surface area contributed by atoms with Gasteiger partial charge < -0.3 is 16.0 Å². The van der Waals surface area contributed by atoms with Crippen molar-refractivity contribution < 1.29 is 19.3 Å². The number of nitrogens with two attached hydrogens (primary N) is 1. The van der Waals surface area contributed by atoms with Crippen LogP contribution in [0.2, 0.25) is 0 Å². The average molecular weight is 410 g/mol. The highest BCUT2D eigenvalue weighted by atomic mass is 16.6. The van der Waals surface area contributed by atoms with Gasteiger partial charge in [-0.1, -0.05) is 12.1 Å². The molecule has 156 valence electrons. The second-order valence-corrected chi connectivity index (χ2v) is 7.22. The van der Waals surface area contributed by atoms with E-state index in [0.717, 1.165) is 0 Å². The van der Waals surface area contributed by atoms with Gasteiger partial charge >= 0.3 is 0 Å². The number of hydrogen-bond donors (Lipinski definition) is 2. The molecule has 0 saturated carbocycles. The number of likely N-dealkylation sites (tertiary alicyclic amines) is 1. The molecule has 0 bridgehead atoms. The predicted octanol–water partition coefficient (Wildman–Crippen LogP) is 2.49. The third-order valence-electron chi connectivity index (χ3n) is 5.26. The number of carbonyl (C=O) groups excluding carboxylic acids is 3. The maximum absolute atomic E-state index is 13.1. The molecule has 1 aliphatic heterocycles. The first-order valence-electron chi connectivity index (χ1n) is 9.52. The van der Waals surface area contributed by atoms with Crippen molar-refractivity contribution in [2.75, 3.05) is 18.4 Å². The summed E-state index contributed by atoms with van der Waals surface area (Å²) in [5.41, 5.74) is 6.93. The van der Waals surface area contributed by atoms with Gasteiger partial charge in [0.2, 0.25) is 5.91 Å². The first kappa shape index (κ1) is 21.0. The summed E-state index contributed by atoms with van der Waals surface area (Å²) < 4.78 is 0. The van der Waals surface area contributed by atoms with Gasteiger partial charge in [0.1, 0.15) is 0 Å². The number of primary amides is 1. The number of nitrogens with one attached hydrogen (secondary N) is 1. The number of nitro groups is 1. The van der Waals surface area contributed by atoms with E-state index < -0.39 is 10.8 Å². The molecule has 3 rings (SSSR count). The fraction of sp³-hybridized carbons (Fsp3) is 0.286. The molecule has 0 unspecified atom stereocenters. The zero-order valence-electron chi connectivity index (χ0n) is 16.5. The molecule has 0 radical (unpaired) electrons. The summed E-state index contributed by atoms with van der Waals surface area (Å²) in [4.78, 5) is 49.0. The fourth-order valence-electron chi connectivity index (χ4n) is 3.51. The standard InChI is InChI=1S/C21H22N4O5/c1-13-3-2-4-17(23-20(27)15-5-7-16(8-6-15)25(29)30)18(13)21(28)24-11-9-14(10-12-24)19(22)26/h2-8,14H,9-12H2,1H3,(H2,22,26)(H,23,27). The number of nitrogens with zero attached hydrogens (tertiary/aromatic N) is 2. The monoisotopic (exact) mass is 410 g/mol. The number of piperidine rings is 1. The summed E-state index contributed by atoms with van der Waals surface area (Å²) >= 11 is 0. The number of hydrogen-bond acceptors (Lipinski definition) is 5. The van der Waals surface area contributed by atoms with Crippen LogP contribution < -0.4 is 11.1 Å². The van der Waals surface area contributed by atoms with E-state index >= 15 is 0 Å². The third kappa shape index (κ3) is 4.45. The van der Waals surface area contributed by atoms with E-state index in [1.54, 1.807) is 30.0 Å². The molecule has 0 aromatic heterocycles. The van der Waals surface area contributed by atoms with Gasteiger partial charge in [-0.3, -0.25) is 24.5 Å². The van der Waals surface area contributed by atoms with Gasteiger partial charge in [0, 0.05) is 36.7 Å². The number of carbonyl (C=O) groups is 3. The smallest absolute Gasteiger partial charge is 0.269 e. The SMILES string of the molecule is Cc1cccc(NC(=O)c2ccc([N+](=O)[O-])cc2)c1C(=O)N1CCC(C(N)=O)CC1. The van der Waals surface area contributed by atoms with Crippen LogP contribution in [0.4, 0.5) is 11.4 Å². The van der Waals surface area contributed by atoms with E-state index in [9.17, 15) is 24.5 Å². The second-order valence-electron chi connectivity index (χ2n) is 7.22. The molecule has 3 N–H and O–H groups in total. The minimum absolute atomic E-state index is 0.114. The number of aryl methyl sites for hydroxylation is 1. The van der Waals surface area contributed by atoms with Crippen molar-refractivity contribution in [2.45, 2.75) is 19.8 Å². The summed E-state index contributed by atoms with van der Waals surface area (Å²) in [5, 5.41) is 13.5. The van der Waals surface area contributed by atoms with Gasteiger partial charge in [-0.2, -0.15) is 0 Å². The molecule has 0 aliphatic carbocycles. The van der Waals surface area contributed by atoms with Crippen LogP contribution in [-0.2, 0) is 4.79 Å². The van der Waals surface area contributed by atoms with E-state index in [-0.39, 0.29) is 29.0 Å². The van der Waals surface area contributed by atoms with Gasteiger partial charge in [-0.05, 0) is 43.5 Å². The molecule has 0 spiro atoms. The Morgan fingerprint density at radius 3 is 2.30 bits per heavy atom. The average Bonchev–Trinajstić information content (AvgIpc) is 2.73. The minimum Gasteiger partial charge on any atom is -0.369 e. The Balaban J connectivity index is 1.79. The lowest BCUT2D eigenvalue weighted by molar-refractivity contribution is -0.384. The number of rotatable bonds is 5. The van der Waals surface area contributed by atoms with Crippen LogP contribution in [0.3, 0.4) is 0 Å². The number of anilines is 1. The number of amides is 3. The van der Waals surface area contributed by atoms with Crippen molar-refractivity contribution in [3.05, 3.63) is 69.3 Å². The lowest BCUT2D eigenvalue weighted by atomic mass is 9.95. The molecule has 1 fully saturated rings. The molecule has 2 aromatic rings. The van der Waals surface area contributed by atoms with Crippen molar-refractivity contribution in [1.29, 1.82) is 0 Å². The number of nitro benzene ring substituents is 1. The molecular formula is C21H22N4O5. The van der Waals surface area contributed by atoms with E-state index in [1.807, 2.05) is 0 Å². The molecule has 1 heterocycles. The minimum atomic E-state index is -0.541. The molecule has 2 aromatic carbocycles. The van der Waals surface area contributed by atoms with E-state index in [4.69, 9.17) is 5.73 Å². The Labute approximate surface area is 173 Å². The fourth-order valence-corrected chi connectivity index (χ4v) is 3.51. The van der Waals surface area contributed by atoms with Crippen LogP contribution in [0.25, 0.3) is 0 Å². The predicted molar refractivity (Wildman–Crippen MR) is 110 cm³/mol. The van der Waals surface area contributed by atoms with Gasteiger partial charge in [0.15, 0.2) is 0 Å². The Morgan fingerprint density at radius 1 is 1.10 bits per heavy atom. The van der Waals surface area contributed by atoms with Crippen molar-refractivity contribution in [2.24, 2.45) is 11.7 Å². The van der Waals surface area contributed by atoms with Gasteiger partial charge in [0.05, 0.1) is 16.2 Å². The van der Waals surface area contributed by atoms with Crippen LogP contribution in [-0.4, -0.2) is 40.6 Å². The number of benzene rings is 2. The zero-order valence-corrected chi connectivity index (χ0v) is 16.5. The quantitative estimate of drug-likeness (QED) is 0.576. The van der Waals surface area contributed by atoms with Crippen LogP contribution in [0, 0.1) is 23.0 Å². The summed E-state index contributed by atoms with van der Waals surface area (Å²) in [6.45, 7) is 2.61. The summed E-state index contributed by atoms with van der Waals surface area (Å²) in [7, 11) is 0. The number of non-ortho nitro benzene ring substituents is 1. The molecule has 30 heavy (non-hydrogen) atoms.